The third kappa shape index (κ3) is 3.10. The number of anilines is 1. The summed E-state index contributed by atoms with van der Waals surface area (Å²) in [4.78, 5) is 0.120. The van der Waals surface area contributed by atoms with Crippen LogP contribution in [0.1, 0.15) is 32.3 Å². The van der Waals surface area contributed by atoms with E-state index in [-0.39, 0.29) is 21.9 Å². The summed E-state index contributed by atoms with van der Waals surface area (Å²) in [7, 11) is -3.58. The molecule has 2 rings (SSSR count). The smallest absolute Gasteiger partial charge is 0.244 e. The Morgan fingerprint density at radius 3 is 2.50 bits per heavy atom. The zero-order chi connectivity index (χ0) is 15.1. The number of hydrogen-bond donors (Lipinski definition) is 1. The number of rotatable bonds is 5. The van der Waals surface area contributed by atoms with Crippen molar-refractivity contribution in [3.05, 3.63) is 22.7 Å². The molecule has 20 heavy (non-hydrogen) atoms. The van der Waals surface area contributed by atoms with Crippen LogP contribution in [0.2, 0.25) is 5.02 Å². The normalized spacial score (nSPS) is 16.1. The summed E-state index contributed by atoms with van der Waals surface area (Å²) < 4.78 is 27.2. The maximum absolute atomic E-state index is 12.8. The zero-order valence-corrected chi connectivity index (χ0v) is 13.6. The van der Waals surface area contributed by atoms with Gasteiger partial charge in [-0.2, -0.15) is 4.31 Å². The minimum Gasteiger partial charge on any atom is -0.398 e. The van der Waals surface area contributed by atoms with Gasteiger partial charge in [0, 0.05) is 18.3 Å². The van der Waals surface area contributed by atoms with Crippen LogP contribution >= 0.6 is 11.6 Å². The highest BCUT2D eigenvalue weighted by atomic mass is 35.5. The summed E-state index contributed by atoms with van der Waals surface area (Å²) in [5, 5.41) is 0.242. The molecule has 0 atom stereocenters. The first-order valence-electron chi connectivity index (χ1n) is 6.81. The third-order valence-electron chi connectivity index (χ3n) is 3.41. The highest BCUT2D eigenvalue weighted by Crippen LogP contribution is 2.36. The summed E-state index contributed by atoms with van der Waals surface area (Å²) in [5.74, 6) is 0.270. The Labute approximate surface area is 126 Å². The van der Waals surface area contributed by atoms with Crippen molar-refractivity contribution in [2.75, 3.05) is 12.3 Å². The largest absolute Gasteiger partial charge is 0.398 e. The molecule has 1 saturated carbocycles. The highest BCUT2D eigenvalue weighted by Gasteiger charge is 2.39. The number of halogens is 1. The quantitative estimate of drug-likeness (QED) is 0.849. The van der Waals surface area contributed by atoms with Gasteiger partial charge in [-0.05, 0) is 43.4 Å². The van der Waals surface area contributed by atoms with Crippen molar-refractivity contribution >= 4 is 27.3 Å². The van der Waals surface area contributed by atoms with Gasteiger partial charge in [-0.1, -0.05) is 25.4 Å². The first kappa shape index (κ1) is 15.6. The maximum atomic E-state index is 12.8. The molecule has 0 heterocycles. The van der Waals surface area contributed by atoms with E-state index in [1.54, 1.807) is 10.4 Å². The average Bonchev–Trinajstić information content (AvgIpc) is 3.14. The summed E-state index contributed by atoms with van der Waals surface area (Å²) in [6.45, 7) is 6.34. The second-order valence-corrected chi connectivity index (χ2v) is 8.11. The molecule has 1 aromatic carbocycles. The minimum absolute atomic E-state index is 0.112. The Morgan fingerprint density at radius 1 is 1.40 bits per heavy atom. The molecule has 1 fully saturated rings. The first-order chi connectivity index (χ1) is 9.23. The fourth-order valence-corrected chi connectivity index (χ4v) is 4.60. The van der Waals surface area contributed by atoms with E-state index in [0.717, 1.165) is 18.4 Å². The molecule has 0 unspecified atom stereocenters. The SMILES string of the molecule is Cc1cc(Cl)c(S(=O)(=O)N(CC(C)C)C2CC2)cc1N. The lowest BCUT2D eigenvalue weighted by molar-refractivity contribution is 0.360. The van der Waals surface area contributed by atoms with E-state index >= 15 is 0 Å². The summed E-state index contributed by atoms with van der Waals surface area (Å²) >= 11 is 6.13. The second kappa shape index (κ2) is 5.54. The van der Waals surface area contributed by atoms with Crippen LogP contribution in [0.15, 0.2) is 17.0 Å². The van der Waals surface area contributed by atoms with Crippen LogP contribution in [0.3, 0.4) is 0 Å². The van der Waals surface area contributed by atoms with Gasteiger partial charge < -0.3 is 5.73 Å². The second-order valence-electron chi connectivity index (χ2n) is 5.84. The van der Waals surface area contributed by atoms with Gasteiger partial charge in [0.1, 0.15) is 4.90 Å². The Bertz CT molecular complexity index is 610. The van der Waals surface area contributed by atoms with E-state index in [0.29, 0.717) is 12.2 Å². The number of aryl methyl sites for hydroxylation is 1. The molecule has 0 bridgehead atoms. The van der Waals surface area contributed by atoms with Crippen LogP contribution in [0.4, 0.5) is 5.69 Å². The lowest BCUT2D eigenvalue weighted by atomic mass is 10.2. The molecule has 0 saturated heterocycles. The number of nitrogens with two attached hydrogens (primary N) is 1. The van der Waals surface area contributed by atoms with Crippen molar-refractivity contribution in [2.45, 2.75) is 44.6 Å². The summed E-state index contributed by atoms with van der Waals surface area (Å²) in [5.41, 5.74) is 7.08. The molecule has 1 aliphatic rings. The molecule has 4 nitrogen and oxygen atoms in total. The number of nitrogen functional groups attached to an aromatic ring is 1. The Hall–Kier alpha value is -0.780. The lowest BCUT2D eigenvalue weighted by Gasteiger charge is -2.24. The van der Waals surface area contributed by atoms with E-state index in [2.05, 4.69) is 0 Å². The zero-order valence-electron chi connectivity index (χ0n) is 12.1. The van der Waals surface area contributed by atoms with Gasteiger partial charge in [0.05, 0.1) is 5.02 Å². The minimum atomic E-state index is -3.58. The van der Waals surface area contributed by atoms with Crippen LogP contribution in [0.5, 0.6) is 0 Å². The average molecular weight is 317 g/mol. The predicted octanol–water partition coefficient (Wildman–Crippen LogP) is 3.04. The van der Waals surface area contributed by atoms with Gasteiger partial charge >= 0.3 is 0 Å². The maximum Gasteiger partial charge on any atom is 0.244 e. The fraction of sp³-hybridized carbons (Fsp3) is 0.571. The van der Waals surface area contributed by atoms with E-state index in [4.69, 9.17) is 17.3 Å². The molecule has 0 amide bonds. The Morgan fingerprint density at radius 2 is 2.00 bits per heavy atom. The molecule has 112 valence electrons. The summed E-state index contributed by atoms with van der Waals surface area (Å²) in [6.07, 6.45) is 1.84. The van der Waals surface area contributed by atoms with Crippen molar-refractivity contribution in [1.82, 2.24) is 4.31 Å². The summed E-state index contributed by atoms with van der Waals surface area (Å²) in [6, 6.07) is 3.20. The number of benzene rings is 1. The topological polar surface area (TPSA) is 63.4 Å². The van der Waals surface area contributed by atoms with Crippen molar-refractivity contribution in [2.24, 2.45) is 5.92 Å². The molecule has 0 aromatic heterocycles. The van der Waals surface area contributed by atoms with Crippen molar-refractivity contribution < 1.29 is 8.42 Å². The van der Waals surface area contributed by atoms with Gasteiger partial charge in [0.25, 0.3) is 0 Å². The van der Waals surface area contributed by atoms with Crippen LogP contribution < -0.4 is 5.73 Å². The number of hydrogen-bond acceptors (Lipinski definition) is 3. The van der Waals surface area contributed by atoms with Crippen LogP contribution in [0, 0.1) is 12.8 Å². The monoisotopic (exact) mass is 316 g/mol. The molecular formula is C14H21ClN2O2S. The van der Waals surface area contributed by atoms with Gasteiger partial charge in [0.2, 0.25) is 10.0 Å². The number of nitrogens with zero attached hydrogens (tertiary/aromatic N) is 1. The van der Waals surface area contributed by atoms with Gasteiger partial charge in [-0.3, -0.25) is 0 Å². The van der Waals surface area contributed by atoms with E-state index in [1.165, 1.54) is 6.07 Å². The standard InChI is InChI=1S/C14H21ClN2O2S/c1-9(2)8-17(11-4-5-11)20(18,19)14-7-13(16)10(3)6-12(14)15/h6-7,9,11H,4-5,8,16H2,1-3H3. The van der Waals surface area contributed by atoms with E-state index in [9.17, 15) is 8.42 Å². The third-order valence-corrected chi connectivity index (χ3v) is 5.79. The van der Waals surface area contributed by atoms with Crippen LogP contribution in [0.25, 0.3) is 0 Å². The molecule has 0 aliphatic heterocycles. The van der Waals surface area contributed by atoms with Crippen molar-refractivity contribution in [1.29, 1.82) is 0 Å². The van der Waals surface area contributed by atoms with E-state index < -0.39 is 10.0 Å². The number of sulfonamides is 1. The van der Waals surface area contributed by atoms with Crippen molar-refractivity contribution in [3.63, 3.8) is 0 Å². The molecule has 0 radical (unpaired) electrons. The molecular weight excluding hydrogens is 296 g/mol. The molecule has 2 N–H and O–H groups in total. The Balaban J connectivity index is 2.45. The highest BCUT2D eigenvalue weighted by molar-refractivity contribution is 7.89. The molecule has 6 heteroatoms. The van der Waals surface area contributed by atoms with Crippen LogP contribution in [-0.2, 0) is 10.0 Å². The van der Waals surface area contributed by atoms with E-state index in [1.807, 2.05) is 20.8 Å². The molecule has 0 spiro atoms. The van der Waals surface area contributed by atoms with Crippen molar-refractivity contribution in [3.8, 4) is 0 Å². The molecule has 1 aliphatic carbocycles. The van der Waals surface area contributed by atoms with Gasteiger partial charge in [0.15, 0.2) is 0 Å². The lowest BCUT2D eigenvalue weighted by Crippen LogP contribution is -2.36. The first-order valence-corrected chi connectivity index (χ1v) is 8.62. The van der Waals surface area contributed by atoms with Gasteiger partial charge in [-0.25, -0.2) is 8.42 Å². The predicted molar refractivity (Wildman–Crippen MR) is 82.4 cm³/mol. The molecule has 1 aromatic rings. The van der Waals surface area contributed by atoms with Gasteiger partial charge in [-0.15, -0.1) is 0 Å². The Kier molecular flexibility index (Phi) is 4.33. The van der Waals surface area contributed by atoms with Crippen LogP contribution in [-0.4, -0.2) is 25.3 Å². The fourth-order valence-electron chi connectivity index (χ4n) is 2.16.